The van der Waals surface area contributed by atoms with Crippen molar-refractivity contribution in [2.24, 2.45) is 10.9 Å². The van der Waals surface area contributed by atoms with Crippen LogP contribution in [0.4, 0.5) is 0 Å². The Kier molecular flexibility index (Phi) is 8.47. The third-order valence-corrected chi connectivity index (χ3v) is 4.59. The highest BCUT2D eigenvalue weighted by molar-refractivity contribution is 7.98. The van der Waals surface area contributed by atoms with Gasteiger partial charge in [-0.3, -0.25) is 4.99 Å². The number of nitrogens with one attached hydrogen (secondary N) is 2. The standard InChI is InChI=1S/C19H30N6S/c1-15(2)14-25-17(23-24-19(25)26-4)11-8-12-21-18(20-3)22-13-16-9-6-5-7-10-16/h5-7,9-10,15H,8,11-14H2,1-4H3,(H2,20,21,22). The molecule has 0 spiro atoms. The molecule has 2 aromatic rings. The zero-order valence-corrected chi connectivity index (χ0v) is 17.0. The van der Waals surface area contributed by atoms with E-state index in [0.29, 0.717) is 5.92 Å². The summed E-state index contributed by atoms with van der Waals surface area (Å²) in [5.41, 5.74) is 1.24. The molecule has 0 amide bonds. The lowest BCUT2D eigenvalue weighted by molar-refractivity contribution is 0.477. The van der Waals surface area contributed by atoms with E-state index >= 15 is 0 Å². The van der Waals surface area contributed by atoms with Crippen LogP contribution in [0.5, 0.6) is 0 Å². The predicted octanol–water partition coefficient (Wildman–Crippen LogP) is 2.95. The van der Waals surface area contributed by atoms with E-state index in [1.54, 1.807) is 18.8 Å². The number of thioether (sulfide) groups is 1. The lowest BCUT2D eigenvalue weighted by Crippen LogP contribution is -2.37. The Morgan fingerprint density at radius 3 is 2.62 bits per heavy atom. The van der Waals surface area contributed by atoms with Crippen molar-refractivity contribution in [3.8, 4) is 0 Å². The average Bonchev–Trinajstić information content (AvgIpc) is 3.03. The van der Waals surface area contributed by atoms with Crippen LogP contribution in [-0.2, 0) is 19.5 Å². The third kappa shape index (κ3) is 6.37. The number of aromatic nitrogens is 3. The fraction of sp³-hybridized carbons (Fsp3) is 0.526. The maximum Gasteiger partial charge on any atom is 0.191 e. The molecule has 26 heavy (non-hydrogen) atoms. The van der Waals surface area contributed by atoms with E-state index in [9.17, 15) is 0 Å². The molecule has 1 aromatic heterocycles. The molecule has 0 aliphatic carbocycles. The summed E-state index contributed by atoms with van der Waals surface area (Å²) < 4.78 is 2.25. The highest BCUT2D eigenvalue weighted by Crippen LogP contribution is 2.16. The molecule has 142 valence electrons. The van der Waals surface area contributed by atoms with Crippen LogP contribution in [-0.4, -0.2) is 40.6 Å². The molecule has 7 heteroatoms. The minimum absolute atomic E-state index is 0.579. The van der Waals surface area contributed by atoms with Crippen molar-refractivity contribution in [3.63, 3.8) is 0 Å². The normalized spacial score (nSPS) is 11.8. The van der Waals surface area contributed by atoms with Crippen LogP contribution < -0.4 is 10.6 Å². The van der Waals surface area contributed by atoms with E-state index in [0.717, 1.165) is 49.4 Å². The van der Waals surface area contributed by atoms with E-state index in [1.807, 2.05) is 18.2 Å². The van der Waals surface area contributed by atoms with Crippen LogP contribution in [0, 0.1) is 5.92 Å². The van der Waals surface area contributed by atoms with E-state index in [2.05, 4.69) is 62.6 Å². The molecule has 0 radical (unpaired) electrons. The summed E-state index contributed by atoms with van der Waals surface area (Å²) in [6, 6.07) is 10.3. The van der Waals surface area contributed by atoms with Crippen molar-refractivity contribution >= 4 is 17.7 Å². The van der Waals surface area contributed by atoms with E-state index in [-0.39, 0.29) is 0 Å². The van der Waals surface area contributed by atoms with Crippen molar-refractivity contribution in [1.82, 2.24) is 25.4 Å². The topological polar surface area (TPSA) is 67.1 Å². The Balaban J connectivity index is 1.77. The largest absolute Gasteiger partial charge is 0.356 e. The fourth-order valence-electron chi connectivity index (χ4n) is 2.66. The van der Waals surface area contributed by atoms with Gasteiger partial charge in [0.05, 0.1) is 0 Å². The smallest absolute Gasteiger partial charge is 0.191 e. The van der Waals surface area contributed by atoms with Crippen molar-refractivity contribution in [3.05, 3.63) is 41.7 Å². The number of benzene rings is 1. The minimum Gasteiger partial charge on any atom is -0.356 e. The molecule has 0 unspecified atom stereocenters. The molecular weight excluding hydrogens is 344 g/mol. The van der Waals surface area contributed by atoms with Gasteiger partial charge in [-0.2, -0.15) is 0 Å². The predicted molar refractivity (Wildman–Crippen MR) is 110 cm³/mol. The number of aryl methyl sites for hydroxylation is 1. The Hall–Kier alpha value is -2.02. The molecule has 0 atom stereocenters. The zero-order valence-electron chi connectivity index (χ0n) is 16.2. The first-order valence-electron chi connectivity index (χ1n) is 9.08. The van der Waals surface area contributed by atoms with Gasteiger partial charge in [-0.05, 0) is 24.2 Å². The minimum atomic E-state index is 0.579. The number of nitrogens with zero attached hydrogens (tertiary/aromatic N) is 4. The van der Waals surface area contributed by atoms with Gasteiger partial charge in [0.15, 0.2) is 11.1 Å². The molecule has 0 aliphatic heterocycles. The molecule has 2 rings (SSSR count). The van der Waals surface area contributed by atoms with Gasteiger partial charge in [0.25, 0.3) is 0 Å². The van der Waals surface area contributed by atoms with E-state index in [4.69, 9.17) is 0 Å². The summed E-state index contributed by atoms with van der Waals surface area (Å²) in [5, 5.41) is 16.4. The van der Waals surface area contributed by atoms with Crippen LogP contribution in [0.25, 0.3) is 0 Å². The monoisotopic (exact) mass is 374 g/mol. The Bertz CT molecular complexity index is 681. The lowest BCUT2D eigenvalue weighted by Gasteiger charge is -2.13. The fourth-order valence-corrected chi connectivity index (χ4v) is 3.18. The highest BCUT2D eigenvalue weighted by Gasteiger charge is 2.12. The second-order valence-electron chi connectivity index (χ2n) is 6.55. The first-order chi connectivity index (χ1) is 12.6. The molecule has 0 saturated carbocycles. The third-order valence-electron chi connectivity index (χ3n) is 3.92. The number of hydrogen-bond donors (Lipinski definition) is 2. The number of aliphatic imine (C=N–C) groups is 1. The van der Waals surface area contributed by atoms with E-state index < -0.39 is 0 Å². The second kappa shape index (κ2) is 10.9. The van der Waals surface area contributed by atoms with Crippen molar-refractivity contribution < 1.29 is 0 Å². The molecule has 0 aliphatic rings. The Labute approximate surface area is 160 Å². The summed E-state index contributed by atoms with van der Waals surface area (Å²) >= 11 is 1.66. The van der Waals surface area contributed by atoms with Crippen molar-refractivity contribution in [2.75, 3.05) is 19.8 Å². The second-order valence-corrected chi connectivity index (χ2v) is 7.32. The zero-order chi connectivity index (χ0) is 18.8. The van der Waals surface area contributed by atoms with Gasteiger partial charge >= 0.3 is 0 Å². The van der Waals surface area contributed by atoms with Crippen LogP contribution in [0.2, 0.25) is 0 Å². The maximum absolute atomic E-state index is 4.37. The van der Waals surface area contributed by atoms with Crippen LogP contribution in [0.1, 0.15) is 31.7 Å². The molecular formula is C19H30N6S. The number of rotatable bonds is 9. The van der Waals surface area contributed by atoms with Crippen LogP contribution in [0.3, 0.4) is 0 Å². The SMILES string of the molecule is CN=C(NCCCc1nnc(SC)n1CC(C)C)NCc1ccccc1. The summed E-state index contributed by atoms with van der Waals surface area (Å²) in [7, 11) is 1.80. The molecule has 6 nitrogen and oxygen atoms in total. The van der Waals surface area contributed by atoms with Gasteiger partial charge in [-0.15, -0.1) is 10.2 Å². The van der Waals surface area contributed by atoms with Gasteiger partial charge in [-0.25, -0.2) is 0 Å². The first-order valence-corrected chi connectivity index (χ1v) is 10.3. The average molecular weight is 375 g/mol. The number of hydrogen-bond acceptors (Lipinski definition) is 4. The molecule has 0 saturated heterocycles. The van der Waals surface area contributed by atoms with Gasteiger partial charge < -0.3 is 15.2 Å². The number of guanidine groups is 1. The molecule has 0 bridgehead atoms. The van der Waals surface area contributed by atoms with Crippen molar-refractivity contribution in [1.29, 1.82) is 0 Å². The first kappa shape index (κ1) is 20.3. The summed E-state index contributed by atoms with van der Waals surface area (Å²) in [6.07, 6.45) is 3.94. The van der Waals surface area contributed by atoms with Crippen molar-refractivity contribution in [2.45, 2.75) is 44.9 Å². The molecule has 1 aromatic carbocycles. The van der Waals surface area contributed by atoms with Gasteiger partial charge in [0.1, 0.15) is 5.82 Å². The van der Waals surface area contributed by atoms with Crippen LogP contribution >= 0.6 is 11.8 Å². The summed E-state index contributed by atoms with van der Waals surface area (Å²) in [4.78, 5) is 4.28. The van der Waals surface area contributed by atoms with E-state index in [1.165, 1.54) is 5.56 Å². The summed E-state index contributed by atoms with van der Waals surface area (Å²) in [5.74, 6) is 2.47. The van der Waals surface area contributed by atoms with Gasteiger partial charge in [-0.1, -0.05) is 55.9 Å². The maximum atomic E-state index is 4.37. The Morgan fingerprint density at radius 2 is 1.96 bits per heavy atom. The van der Waals surface area contributed by atoms with Crippen LogP contribution in [0.15, 0.2) is 40.5 Å². The van der Waals surface area contributed by atoms with Gasteiger partial charge in [0, 0.05) is 33.1 Å². The highest BCUT2D eigenvalue weighted by atomic mass is 32.2. The molecule has 1 heterocycles. The Morgan fingerprint density at radius 1 is 1.19 bits per heavy atom. The summed E-state index contributed by atoms with van der Waals surface area (Å²) in [6.45, 7) is 7.01. The van der Waals surface area contributed by atoms with Gasteiger partial charge in [0.2, 0.25) is 0 Å². The molecule has 0 fully saturated rings. The lowest BCUT2D eigenvalue weighted by atomic mass is 10.2. The molecule has 2 N–H and O–H groups in total. The quantitative estimate of drug-likeness (QED) is 0.306.